The quantitative estimate of drug-likeness (QED) is 0.105. The molecule has 6 rings (SSSR count). The van der Waals surface area contributed by atoms with Gasteiger partial charge in [-0.3, -0.25) is 9.98 Å². The Balaban J connectivity index is 1.41. The summed E-state index contributed by atoms with van der Waals surface area (Å²) in [6, 6.07) is 38.4. The number of aliphatic imine (C=N–C) groups is 2. The fraction of sp³-hybridized carbons (Fsp3) is 0.179. The first-order chi connectivity index (χ1) is 21.2. The van der Waals surface area contributed by atoms with Crippen LogP contribution in [0.25, 0.3) is 32.0 Å². The largest absolute Gasteiger partial charge is 0.255 e. The highest BCUT2D eigenvalue weighted by molar-refractivity contribution is 7.18. The minimum absolute atomic E-state index is 0.971. The number of nitrogens with zero attached hydrogens (tertiary/aromatic N) is 2. The Morgan fingerprint density at radius 3 is 1.70 bits per heavy atom. The van der Waals surface area contributed by atoms with E-state index in [4.69, 9.17) is 9.98 Å². The van der Waals surface area contributed by atoms with Gasteiger partial charge < -0.3 is 0 Å². The first-order valence-corrected chi connectivity index (χ1v) is 16.8. The summed E-state index contributed by atoms with van der Waals surface area (Å²) in [6.07, 6.45) is 10.1. The number of fused-ring (bicyclic) bond motifs is 1. The fourth-order valence-corrected chi connectivity index (χ4v) is 7.69. The van der Waals surface area contributed by atoms with E-state index in [0.29, 0.717) is 0 Å². The molecule has 43 heavy (non-hydrogen) atoms. The smallest absolute Gasteiger partial charge is 0.0630 e. The van der Waals surface area contributed by atoms with Crippen molar-refractivity contribution in [3.8, 4) is 32.0 Å². The highest BCUT2D eigenvalue weighted by atomic mass is 32.1. The molecule has 2 aromatic heterocycles. The highest BCUT2D eigenvalue weighted by Gasteiger charge is 2.23. The molecule has 2 aliphatic rings. The van der Waals surface area contributed by atoms with Gasteiger partial charge in [0, 0.05) is 43.1 Å². The number of para-hydroxylation sites is 2. The number of aryl methyl sites for hydroxylation is 2. The van der Waals surface area contributed by atoms with Crippen molar-refractivity contribution in [2.24, 2.45) is 9.98 Å². The summed E-state index contributed by atoms with van der Waals surface area (Å²) in [5.74, 6) is 0. The van der Waals surface area contributed by atoms with Crippen LogP contribution in [-0.2, 0) is 6.42 Å². The van der Waals surface area contributed by atoms with Crippen molar-refractivity contribution in [2.75, 3.05) is 0 Å². The van der Waals surface area contributed by atoms with E-state index in [9.17, 15) is 0 Å². The molecule has 0 atom stereocenters. The molecule has 0 saturated carbocycles. The average molecular weight is 597 g/mol. The summed E-state index contributed by atoms with van der Waals surface area (Å²) in [5, 5.41) is 0. The molecule has 0 aliphatic heterocycles. The molecule has 0 N–H and O–H groups in total. The first kappa shape index (κ1) is 29.0. The fourth-order valence-electron chi connectivity index (χ4n) is 5.50. The van der Waals surface area contributed by atoms with Crippen LogP contribution in [-0.4, -0.2) is 12.4 Å². The van der Waals surface area contributed by atoms with E-state index in [1.165, 1.54) is 78.6 Å². The van der Waals surface area contributed by atoms with Crippen LogP contribution in [0.2, 0.25) is 0 Å². The summed E-state index contributed by atoms with van der Waals surface area (Å²) < 4.78 is 0. The van der Waals surface area contributed by atoms with Gasteiger partial charge in [0.15, 0.2) is 0 Å². The number of rotatable bonds is 11. The van der Waals surface area contributed by atoms with Crippen LogP contribution in [0.4, 0.5) is 11.4 Å². The van der Waals surface area contributed by atoms with Crippen LogP contribution >= 0.6 is 22.7 Å². The molecule has 0 fully saturated rings. The molecule has 2 nitrogen and oxygen atoms in total. The molecule has 0 amide bonds. The summed E-state index contributed by atoms with van der Waals surface area (Å²) in [6.45, 7) is 4.49. The summed E-state index contributed by atoms with van der Waals surface area (Å²) in [4.78, 5) is 14.6. The van der Waals surface area contributed by atoms with Gasteiger partial charge in [0.25, 0.3) is 0 Å². The molecule has 0 saturated heterocycles. The molecule has 214 valence electrons. The number of hydrogen-bond donors (Lipinski definition) is 0. The molecule has 4 aromatic rings. The van der Waals surface area contributed by atoms with Crippen molar-refractivity contribution in [1.29, 1.82) is 0 Å². The van der Waals surface area contributed by atoms with Gasteiger partial charge in [-0.2, -0.15) is 0 Å². The normalized spacial score (nSPS) is 11.8. The molecule has 2 heterocycles. The lowest BCUT2D eigenvalue weighted by Crippen LogP contribution is -1.86. The van der Waals surface area contributed by atoms with Crippen LogP contribution in [0, 0.1) is 6.92 Å². The average Bonchev–Trinajstić information content (AvgIpc) is 3.66. The minimum atomic E-state index is 0.971. The Bertz CT molecular complexity index is 1810. The van der Waals surface area contributed by atoms with E-state index in [2.05, 4.69) is 74.5 Å². The van der Waals surface area contributed by atoms with Crippen LogP contribution in [0.5, 0.6) is 0 Å². The molecular formula is C39H36N2S2. The van der Waals surface area contributed by atoms with Crippen LogP contribution in [0.15, 0.2) is 119 Å². The third kappa shape index (κ3) is 6.93. The SMILES string of the molecule is CCCCCCc1cc(C=Nc2ccccc2)sc1-c1cc(-c2sc(C=Nc3ccccc3)cc2C)c2cccccc1-2. The zero-order valence-corrected chi connectivity index (χ0v) is 26.4. The Labute approximate surface area is 263 Å². The van der Waals surface area contributed by atoms with E-state index in [0.717, 1.165) is 17.8 Å². The van der Waals surface area contributed by atoms with Crippen molar-refractivity contribution in [3.63, 3.8) is 0 Å². The second-order valence-electron chi connectivity index (χ2n) is 10.9. The molecule has 0 bridgehead atoms. The Morgan fingerprint density at radius 1 is 0.558 bits per heavy atom. The maximum absolute atomic E-state index is 4.79. The number of hydrogen-bond acceptors (Lipinski definition) is 4. The van der Waals surface area contributed by atoms with Crippen LogP contribution < -0.4 is 0 Å². The summed E-state index contributed by atoms with van der Waals surface area (Å²) in [7, 11) is 0. The van der Waals surface area contributed by atoms with E-state index in [-0.39, 0.29) is 0 Å². The highest BCUT2D eigenvalue weighted by Crippen LogP contribution is 2.49. The maximum Gasteiger partial charge on any atom is 0.0630 e. The Kier molecular flexibility index (Phi) is 9.37. The second kappa shape index (κ2) is 13.9. The van der Waals surface area contributed by atoms with E-state index >= 15 is 0 Å². The lowest BCUT2D eigenvalue weighted by atomic mass is 10.0. The summed E-state index contributed by atoms with van der Waals surface area (Å²) >= 11 is 3.68. The monoisotopic (exact) mass is 596 g/mol. The first-order valence-electron chi connectivity index (χ1n) is 15.1. The molecule has 2 aliphatic carbocycles. The molecular weight excluding hydrogens is 561 g/mol. The topological polar surface area (TPSA) is 24.7 Å². The zero-order chi connectivity index (χ0) is 29.4. The molecule has 0 radical (unpaired) electrons. The van der Waals surface area contributed by atoms with Crippen LogP contribution in [0.3, 0.4) is 0 Å². The van der Waals surface area contributed by atoms with Gasteiger partial charge in [-0.1, -0.05) is 92.9 Å². The molecule has 4 heteroatoms. The van der Waals surface area contributed by atoms with Gasteiger partial charge in [-0.15, -0.1) is 22.7 Å². The molecule has 0 unspecified atom stereocenters. The number of thiophene rings is 2. The van der Waals surface area contributed by atoms with Crippen molar-refractivity contribution in [1.82, 2.24) is 0 Å². The lowest BCUT2D eigenvalue weighted by molar-refractivity contribution is 0.668. The van der Waals surface area contributed by atoms with Gasteiger partial charge >= 0.3 is 0 Å². The molecule has 0 spiro atoms. The van der Waals surface area contributed by atoms with Gasteiger partial charge in [-0.25, -0.2) is 0 Å². The predicted molar refractivity (Wildman–Crippen MR) is 190 cm³/mol. The van der Waals surface area contributed by atoms with Crippen LogP contribution in [0.1, 0.15) is 53.5 Å². The Morgan fingerprint density at radius 2 is 1.09 bits per heavy atom. The van der Waals surface area contributed by atoms with E-state index < -0.39 is 0 Å². The summed E-state index contributed by atoms with van der Waals surface area (Å²) in [5.41, 5.74) is 9.88. The third-order valence-electron chi connectivity index (χ3n) is 7.66. The van der Waals surface area contributed by atoms with Gasteiger partial charge in [0.2, 0.25) is 0 Å². The van der Waals surface area contributed by atoms with Crippen molar-refractivity contribution < 1.29 is 0 Å². The number of unbranched alkanes of at least 4 members (excludes halogenated alkanes) is 3. The van der Waals surface area contributed by atoms with Gasteiger partial charge in [0.1, 0.15) is 0 Å². The standard InChI is InChI=1S/C39H36N2S2/c1-3-4-5-9-16-29-24-33(27-41-31-19-12-7-13-20-31)43-39(29)37-25-36(34-21-14-8-15-22-35(34)37)38-28(2)23-32(42-38)26-40-30-17-10-6-11-18-30/h6-8,10-15,17-27H,3-5,9,16H2,1-2H3. The Hall–Kier alpha value is -4.12. The van der Waals surface area contributed by atoms with Crippen molar-refractivity contribution >= 4 is 46.5 Å². The number of benzene rings is 2. The van der Waals surface area contributed by atoms with Crippen molar-refractivity contribution in [3.05, 3.63) is 130 Å². The predicted octanol–water partition coefficient (Wildman–Crippen LogP) is 12.2. The second-order valence-corrected chi connectivity index (χ2v) is 13.0. The maximum atomic E-state index is 4.79. The molecule has 2 aromatic carbocycles. The van der Waals surface area contributed by atoms with E-state index in [1.807, 2.05) is 83.6 Å². The minimum Gasteiger partial charge on any atom is -0.255 e. The lowest BCUT2D eigenvalue weighted by Gasteiger charge is -2.05. The third-order valence-corrected chi connectivity index (χ3v) is 10.0. The van der Waals surface area contributed by atoms with Gasteiger partial charge in [-0.05, 0) is 84.5 Å². The van der Waals surface area contributed by atoms with Gasteiger partial charge in [0.05, 0.1) is 11.4 Å². The van der Waals surface area contributed by atoms with Crippen molar-refractivity contribution in [2.45, 2.75) is 46.0 Å². The van der Waals surface area contributed by atoms with E-state index in [1.54, 1.807) is 0 Å². The zero-order valence-electron chi connectivity index (χ0n) is 24.8.